The van der Waals surface area contributed by atoms with Gasteiger partial charge < -0.3 is 19.7 Å². The molecule has 19 heavy (non-hydrogen) atoms. The maximum Gasteiger partial charge on any atom is 0.230 e. The van der Waals surface area contributed by atoms with Crippen LogP contribution >= 0.6 is 0 Å². The molecule has 1 aromatic carbocycles. The van der Waals surface area contributed by atoms with E-state index in [1.807, 2.05) is 18.2 Å². The normalized spacial score (nSPS) is 17.5. The molecule has 98 valence electrons. The highest BCUT2D eigenvalue weighted by Gasteiger charge is 2.32. The largest absolute Gasteiger partial charge is 0.486 e. The van der Waals surface area contributed by atoms with E-state index in [9.17, 15) is 0 Å². The monoisotopic (exact) mass is 258 g/mol. The molecule has 0 radical (unpaired) electrons. The summed E-state index contributed by atoms with van der Waals surface area (Å²) in [6.07, 6.45) is 2.31. The molecule has 2 aliphatic rings. The van der Waals surface area contributed by atoms with Crippen LogP contribution in [0.3, 0.4) is 0 Å². The van der Waals surface area contributed by atoms with Crippen molar-refractivity contribution in [3.05, 3.63) is 23.9 Å². The minimum Gasteiger partial charge on any atom is -0.486 e. The molecule has 5 nitrogen and oxygen atoms in total. The second kappa shape index (κ2) is 3.91. The molecule has 0 atom stereocenters. The topological polar surface area (TPSA) is 70.5 Å². The minimum atomic E-state index is 0.374. The molecule has 0 unspecified atom stereocenters. The highest BCUT2D eigenvalue weighted by Crippen LogP contribution is 2.47. The molecule has 1 aliphatic carbocycles. The number of nitrogen functional groups attached to an aromatic ring is 1. The average Bonchev–Trinajstić information content (AvgIpc) is 3.21. The summed E-state index contributed by atoms with van der Waals surface area (Å²) >= 11 is 0. The Labute approximate surface area is 110 Å². The van der Waals surface area contributed by atoms with Crippen molar-refractivity contribution < 1.29 is 14.0 Å². The van der Waals surface area contributed by atoms with Crippen LogP contribution in [0.4, 0.5) is 5.88 Å². The predicted molar refractivity (Wildman–Crippen MR) is 69.3 cm³/mol. The fraction of sp³-hybridized carbons (Fsp3) is 0.357. The van der Waals surface area contributed by atoms with E-state index in [1.165, 1.54) is 0 Å². The van der Waals surface area contributed by atoms with E-state index in [-0.39, 0.29) is 0 Å². The molecular weight excluding hydrogens is 244 g/mol. The second-order valence-electron chi connectivity index (χ2n) is 4.94. The minimum absolute atomic E-state index is 0.374. The maximum absolute atomic E-state index is 5.91. The van der Waals surface area contributed by atoms with Gasteiger partial charge in [0.2, 0.25) is 5.88 Å². The molecule has 2 N–H and O–H groups in total. The Kier molecular flexibility index (Phi) is 2.21. The summed E-state index contributed by atoms with van der Waals surface area (Å²) in [4.78, 5) is 0. The third-order valence-corrected chi connectivity index (χ3v) is 3.54. The van der Waals surface area contributed by atoms with E-state index in [2.05, 4.69) is 5.16 Å². The van der Waals surface area contributed by atoms with Gasteiger partial charge in [-0.25, -0.2) is 0 Å². The Morgan fingerprint density at radius 2 is 1.89 bits per heavy atom. The van der Waals surface area contributed by atoms with Crippen molar-refractivity contribution in [2.45, 2.75) is 18.8 Å². The molecule has 1 aromatic heterocycles. The molecule has 0 saturated heterocycles. The highest BCUT2D eigenvalue weighted by molar-refractivity contribution is 5.77. The van der Waals surface area contributed by atoms with E-state index in [1.54, 1.807) is 0 Å². The number of benzene rings is 1. The van der Waals surface area contributed by atoms with E-state index in [0.29, 0.717) is 25.0 Å². The lowest BCUT2D eigenvalue weighted by molar-refractivity contribution is 0.171. The summed E-state index contributed by atoms with van der Waals surface area (Å²) in [5, 5.41) is 4.09. The summed E-state index contributed by atoms with van der Waals surface area (Å²) < 4.78 is 16.3. The number of nitrogens with zero attached hydrogens (tertiary/aromatic N) is 1. The lowest BCUT2D eigenvalue weighted by Crippen LogP contribution is -2.15. The maximum atomic E-state index is 5.91. The number of hydrogen-bond acceptors (Lipinski definition) is 5. The van der Waals surface area contributed by atoms with Crippen molar-refractivity contribution in [1.82, 2.24) is 5.16 Å². The van der Waals surface area contributed by atoms with Gasteiger partial charge in [0.05, 0.1) is 11.3 Å². The molecule has 5 heteroatoms. The highest BCUT2D eigenvalue weighted by atomic mass is 16.6. The molecule has 0 spiro atoms. The Bertz CT molecular complexity index is 632. The first-order valence-corrected chi connectivity index (χ1v) is 6.48. The van der Waals surface area contributed by atoms with Crippen LogP contribution in [0.15, 0.2) is 22.7 Å². The van der Waals surface area contributed by atoms with Crippen LogP contribution in [0.1, 0.15) is 24.5 Å². The van der Waals surface area contributed by atoms with Crippen molar-refractivity contribution in [3.8, 4) is 22.6 Å². The van der Waals surface area contributed by atoms with Gasteiger partial charge in [-0.3, -0.25) is 0 Å². The van der Waals surface area contributed by atoms with Gasteiger partial charge in [-0.15, -0.1) is 0 Å². The predicted octanol–water partition coefficient (Wildman–Crippen LogP) is 2.57. The van der Waals surface area contributed by atoms with E-state index in [4.69, 9.17) is 19.7 Å². The van der Waals surface area contributed by atoms with Gasteiger partial charge in [-0.1, -0.05) is 11.2 Å². The second-order valence-corrected chi connectivity index (χ2v) is 4.94. The van der Waals surface area contributed by atoms with Crippen molar-refractivity contribution in [2.75, 3.05) is 18.9 Å². The third-order valence-electron chi connectivity index (χ3n) is 3.54. The number of anilines is 1. The molecule has 2 heterocycles. The van der Waals surface area contributed by atoms with Crippen LogP contribution in [0.5, 0.6) is 11.5 Å². The van der Waals surface area contributed by atoms with Crippen LogP contribution in [-0.2, 0) is 0 Å². The van der Waals surface area contributed by atoms with Crippen molar-refractivity contribution in [1.29, 1.82) is 0 Å². The van der Waals surface area contributed by atoms with Crippen LogP contribution in [-0.4, -0.2) is 18.4 Å². The number of hydrogen-bond donors (Lipinski definition) is 1. The van der Waals surface area contributed by atoms with E-state index in [0.717, 1.165) is 41.2 Å². The van der Waals surface area contributed by atoms with Gasteiger partial charge in [-0.2, -0.15) is 0 Å². The summed E-state index contributed by atoms with van der Waals surface area (Å²) in [5.74, 6) is 2.40. The first-order valence-electron chi connectivity index (χ1n) is 6.48. The number of aromatic nitrogens is 1. The molecule has 0 amide bonds. The van der Waals surface area contributed by atoms with Gasteiger partial charge in [0, 0.05) is 5.92 Å². The van der Waals surface area contributed by atoms with Crippen LogP contribution in [0.25, 0.3) is 11.1 Å². The fourth-order valence-corrected chi connectivity index (χ4v) is 2.44. The lowest BCUT2D eigenvalue weighted by Gasteiger charge is -2.18. The number of rotatable bonds is 2. The average molecular weight is 258 g/mol. The smallest absolute Gasteiger partial charge is 0.230 e. The van der Waals surface area contributed by atoms with Gasteiger partial charge in [-0.05, 0) is 30.5 Å². The Morgan fingerprint density at radius 3 is 2.68 bits per heavy atom. The fourth-order valence-electron chi connectivity index (χ4n) is 2.44. The first-order chi connectivity index (χ1) is 9.33. The molecule has 2 aromatic rings. The number of ether oxygens (including phenoxy) is 2. The third kappa shape index (κ3) is 1.73. The van der Waals surface area contributed by atoms with Gasteiger partial charge in [0.15, 0.2) is 11.5 Å². The standard InChI is InChI=1S/C14H14N2O3/c15-14-12(13(16-19-14)8-1-2-8)9-3-4-10-11(7-9)18-6-5-17-10/h3-4,7-8H,1-2,5-6,15H2. The first kappa shape index (κ1) is 10.7. The Hall–Kier alpha value is -2.17. The summed E-state index contributed by atoms with van der Waals surface area (Å²) in [6, 6.07) is 5.83. The number of nitrogens with two attached hydrogens (primary N) is 1. The summed E-state index contributed by atoms with van der Waals surface area (Å²) in [7, 11) is 0. The van der Waals surface area contributed by atoms with E-state index >= 15 is 0 Å². The zero-order valence-corrected chi connectivity index (χ0v) is 10.4. The summed E-state index contributed by atoms with van der Waals surface area (Å²) in [6.45, 7) is 1.17. The molecule has 1 aliphatic heterocycles. The molecule has 1 saturated carbocycles. The molecule has 1 fully saturated rings. The Morgan fingerprint density at radius 1 is 1.11 bits per heavy atom. The summed E-state index contributed by atoms with van der Waals surface area (Å²) in [5.41, 5.74) is 8.76. The zero-order chi connectivity index (χ0) is 12.8. The van der Waals surface area contributed by atoms with Crippen LogP contribution < -0.4 is 15.2 Å². The van der Waals surface area contributed by atoms with E-state index < -0.39 is 0 Å². The van der Waals surface area contributed by atoms with Gasteiger partial charge >= 0.3 is 0 Å². The van der Waals surface area contributed by atoms with Gasteiger partial charge in [0.1, 0.15) is 13.2 Å². The zero-order valence-electron chi connectivity index (χ0n) is 10.4. The van der Waals surface area contributed by atoms with Crippen molar-refractivity contribution in [3.63, 3.8) is 0 Å². The molecule has 0 bridgehead atoms. The SMILES string of the molecule is Nc1onc(C2CC2)c1-c1ccc2c(c1)OCCO2. The van der Waals surface area contributed by atoms with Gasteiger partial charge in [0.25, 0.3) is 0 Å². The van der Waals surface area contributed by atoms with Crippen LogP contribution in [0, 0.1) is 0 Å². The molecule has 4 rings (SSSR count). The quantitative estimate of drug-likeness (QED) is 0.896. The van der Waals surface area contributed by atoms with Crippen LogP contribution in [0.2, 0.25) is 0 Å². The molecular formula is C14H14N2O3. The number of fused-ring (bicyclic) bond motifs is 1. The lowest BCUT2D eigenvalue weighted by atomic mass is 10.0. The van der Waals surface area contributed by atoms with Crippen molar-refractivity contribution >= 4 is 5.88 Å². The Balaban J connectivity index is 1.81. The van der Waals surface area contributed by atoms with Crippen molar-refractivity contribution in [2.24, 2.45) is 0 Å².